The summed E-state index contributed by atoms with van der Waals surface area (Å²) in [6, 6.07) is 0. The van der Waals surface area contributed by atoms with Gasteiger partial charge in [-0.2, -0.15) is 0 Å². The number of hydrogen-bond acceptors (Lipinski definition) is 6. The molecule has 0 amide bonds. The van der Waals surface area contributed by atoms with Crippen molar-refractivity contribution < 1.29 is 29.9 Å². The van der Waals surface area contributed by atoms with E-state index < -0.39 is 37.3 Å². The van der Waals surface area contributed by atoms with E-state index in [9.17, 15) is 15.3 Å². The van der Waals surface area contributed by atoms with Gasteiger partial charge in [-0.25, -0.2) is 0 Å². The third-order valence-corrected chi connectivity index (χ3v) is 2.88. The predicted octanol–water partition coefficient (Wildman–Crippen LogP) is -1.01. The van der Waals surface area contributed by atoms with Crippen molar-refractivity contribution >= 4 is 0 Å². The average Bonchev–Trinajstić information content (AvgIpc) is 2.34. The van der Waals surface area contributed by atoms with Gasteiger partial charge < -0.3 is 29.9 Å². The van der Waals surface area contributed by atoms with Crippen LogP contribution < -0.4 is 0 Å². The van der Waals surface area contributed by atoms with Crippen molar-refractivity contribution in [2.45, 2.75) is 56.9 Å². The van der Waals surface area contributed by atoms with Crippen LogP contribution in [0.5, 0.6) is 0 Å². The van der Waals surface area contributed by atoms with E-state index in [0.29, 0.717) is 6.61 Å². The Bertz CT molecular complexity index is 210. The highest BCUT2D eigenvalue weighted by Crippen LogP contribution is 2.22. The lowest BCUT2D eigenvalue weighted by molar-refractivity contribution is -0.301. The second-order valence-corrected chi connectivity index (χ2v) is 4.28. The Morgan fingerprint density at radius 2 is 1.76 bits per heavy atom. The SMILES string of the molecule is CCCCCO[C@H]1O[C@H](CO)[C@H](O)[C@@H](O)[C@@H]1O. The molecule has 0 aromatic carbocycles. The van der Waals surface area contributed by atoms with Gasteiger partial charge in [0, 0.05) is 6.61 Å². The molecule has 4 N–H and O–H groups in total. The maximum Gasteiger partial charge on any atom is 0.186 e. The van der Waals surface area contributed by atoms with Gasteiger partial charge in [0.25, 0.3) is 0 Å². The van der Waals surface area contributed by atoms with Gasteiger partial charge in [0.1, 0.15) is 24.4 Å². The lowest BCUT2D eigenvalue weighted by atomic mass is 9.99. The molecule has 5 atom stereocenters. The molecule has 17 heavy (non-hydrogen) atoms. The van der Waals surface area contributed by atoms with E-state index in [0.717, 1.165) is 19.3 Å². The zero-order valence-electron chi connectivity index (χ0n) is 10.0. The van der Waals surface area contributed by atoms with Crippen LogP contribution in [-0.2, 0) is 9.47 Å². The quantitative estimate of drug-likeness (QED) is 0.451. The molecule has 0 radical (unpaired) electrons. The molecule has 0 aliphatic carbocycles. The summed E-state index contributed by atoms with van der Waals surface area (Å²) >= 11 is 0. The molecule has 0 unspecified atom stereocenters. The van der Waals surface area contributed by atoms with E-state index in [2.05, 4.69) is 6.92 Å². The fourth-order valence-electron chi connectivity index (χ4n) is 1.76. The molecule has 0 saturated carbocycles. The molecule has 0 bridgehead atoms. The molecule has 1 heterocycles. The predicted molar refractivity (Wildman–Crippen MR) is 59.2 cm³/mol. The van der Waals surface area contributed by atoms with E-state index in [1.165, 1.54) is 0 Å². The highest BCUT2D eigenvalue weighted by atomic mass is 16.7. The topological polar surface area (TPSA) is 99.4 Å². The second kappa shape index (κ2) is 7.25. The molecule has 6 heteroatoms. The molecule has 1 rings (SSSR count). The Kier molecular flexibility index (Phi) is 6.32. The summed E-state index contributed by atoms with van der Waals surface area (Å²) in [5.74, 6) is 0. The first kappa shape index (κ1) is 14.8. The molecule has 1 aliphatic rings. The minimum atomic E-state index is -1.36. The van der Waals surface area contributed by atoms with Gasteiger partial charge in [-0.1, -0.05) is 19.8 Å². The molecule has 1 aliphatic heterocycles. The van der Waals surface area contributed by atoms with Gasteiger partial charge in [0.05, 0.1) is 6.61 Å². The van der Waals surface area contributed by atoms with Crippen LogP contribution in [0.25, 0.3) is 0 Å². The Morgan fingerprint density at radius 3 is 2.35 bits per heavy atom. The zero-order chi connectivity index (χ0) is 12.8. The van der Waals surface area contributed by atoms with E-state index in [4.69, 9.17) is 14.6 Å². The summed E-state index contributed by atoms with van der Waals surface area (Å²) in [6.45, 7) is 2.05. The third-order valence-electron chi connectivity index (χ3n) is 2.88. The van der Waals surface area contributed by atoms with Gasteiger partial charge in [-0.3, -0.25) is 0 Å². The maximum absolute atomic E-state index is 9.64. The van der Waals surface area contributed by atoms with Crippen LogP contribution >= 0.6 is 0 Å². The number of hydrogen-bond donors (Lipinski definition) is 4. The van der Waals surface area contributed by atoms with Crippen molar-refractivity contribution in [1.82, 2.24) is 0 Å². The van der Waals surface area contributed by atoms with Gasteiger partial charge >= 0.3 is 0 Å². The number of ether oxygens (including phenoxy) is 2. The van der Waals surface area contributed by atoms with Crippen LogP contribution in [0.15, 0.2) is 0 Å². The zero-order valence-corrected chi connectivity index (χ0v) is 10.0. The minimum Gasteiger partial charge on any atom is -0.394 e. The van der Waals surface area contributed by atoms with Gasteiger partial charge in [-0.15, -0.1) is 0 Å². The molecule has 1 fully saturated rings. The first-order valence-electron chi connectivity index (χ1n) is 6.04. The summed E-state index contributed by atoms with van der Waals surface area (Å²) in [6.07, 6.45) is -2.98. The smallest absolute Gasteiger partial charge is 0.186 e. The second-order valence-electron chi connectivity index (χ2n) is 4.28. The molecule has 0 aromatic rings. The number of unbranched alkanes of at least 4 members (excludes halogenated alkanes) is 2. The first-order valence-corrected chi connectivity index (χ1v) is 6.04. The largest absolute Gasteiger partial charge is 0.394 e. The van der Waals surface area contributed by atoms with Crippen LogP contribution in [0.3, 0.4) is 0 Å². The highest BCUT2D eigenvalue weighted by Gasteiger charge is 2.43. The molecule has 0 aromatic heterocycles. The summed E-state index contributed by atoms with van der Waals surface area (Å²) in [5, 5.41) is 37.6. The summed E-state index contributed by atoms with van der Waals surface area (Å²) in [7, 11) is 0. The van der Waals surface area contributed by atoms with Gasteiger partial charge in [0.2, 0.25) is 0 Å². The standard InChI is InChI=1S/C11H22O6/c1-2-3-4-5-16-11-10(15)9(14)8(13)7(6-12)17-11/h7-15H,2-6H2,1H3/t7-,8+,9-,10+,11+/m1/s1. The van der Waals surface area contributed by atoms with Crippen LogP contribution in [0, 0.1) is 0 Å². The van der Waals surface area contributed by atoms with E-state index in [1.807, 2.05) is 0 Å². The van der Waals surface area contributed by atoms with Crippen molar-refractivity contribution in [3.05, 3.63) is 0 Å². The summed E-state index contributed by atoms with van der Waals surface area (Å²) in [4.78, 5) is 0. The Labute approximate surface area is 101 Å². The molecule has 102 valence electrons. The van der Waals surface area contributed by atoms with Crippen LogP contribution in [0.4, 0.5) is 0 Å². The molecular formula is C11H22O6. The Morgan fingerprint density at radius 1 is 1.06 bits per heavy atom. The van der Waals surface area contributed by atoms with Crippen LogP contribution in [0.1, 0.15) is 26.2 Å². The van der Waals surface area contributed by atoms with Crippen molar-refractivity contribution in [2.24, 2.45) is 0 Å². The van der Waals surface area contributed by atoms with Crippen LogP contribution in [-0.4, -0.2) is 64.3 Å². The van der Waals surface area contributed by atoms with Gasteiger partial charge in [0.15, 0.2) is 6.29 Å². The Balaban J connectivity index is 2.42. The van der Waals surface area contributed by atoms with Crippen molar-refractivity contribution in [2.75, 3.05) is 13.2 Å². The van der Waals surface area contributed by atoms with E-state index in [-0.39, 0.29) is 0 Å². The van der Waals surface area contributed by atoms with Crippen molar-refractivity contribution in [1.29, 1.82) is 0 Å². The van der Waals surface area contributed by atoms with Gasteiger partial charge in [-0.05, 0) is 6.42 Å². The Hall–Kier alpha value is -0.240. The van der Waals surface area contributed by atoms with E-state index >= 15 is 0 Å². The maximum atomic E-state index is 9.64. The highest BCUT2D eigenvalue weighted by molar-refractivity contribution is 4.88. The monoisotopic (exact) mass is 250 g/mol. The lowest BCUT2D eigenvalue weighted by Gasteiger charge is -2.39. The molecule has 0 spiro atoms. The number of aliphatic hydroxyl groups excluding tert-OH is 4. The molecule has 1 saturated heterocycles. The average molecular weight is 250 g/mol. The van der Waals surface area contributed by atoms with Crippen molar-refractivity contribution in [3.8, 4) is 0 Å². The fourth-order valence-corrected chi connectivity index (χ4v) is 1.76. The first-order chi connectivity index (χ1) is 8.11. The van der Waals surface area contributed by atoms with Crippen LogP contribution in [0.2, 0.25) is 0 Å². The minimum absolute atomic E-state index is 0.413. The number of rotatable bonds is 6. The number of aliphatic hydroxyl groups is 4. The fraction of sp³-hybridized carbons (Fsp3) is 1.00. The third kappa shape index (κ3) is 3.87. The molecule has 6 nitrogen and oxygen atoms in total. The normalized spacial score (nSPS) is 38.3. The van der Waals surface area contributed by atoms with Crippen molar-refractivity contribution in [3.63, 3.8) is 0 Å². The summed E-state index contributed by atoms with van der Waals surface area (Å²) in [5.41, 5.74) is 0. The molecular weight excluding hydrogens is 228 g/mol. The van der Waals surface area contributed by atoms with E-state index in [1.54, 1.807) is 0 Å². The lowest BCUT2D eigenvalue weighted by Crippen LogP contribution is -2.59. The summed E-state index contributed by atoms with van der Waals surface area (Å²) < 4.78 is 10.5.